The number of guanidine groups is 1. The van der Waals surface area contributed by atoms with E-state index >= 15 is 0 Å². The summed E-state index contributed by atoms with van der Waals surface area (Å²) in [7, 11) is 0. The van der Waals surface area contributed by atoms with Gasteiger partial charge in [0.15, 0.2) is 11.8 Å². The summed E-state index contributed by atoms with van der Waals surface area (Å²) in [6.07, 6.45) is 5.32. The zero-order chi connectivity index (χ0) is 21.3. The second-order valence-electron chi connectivity index (χ2n) is 7.64. The van der Waals surface area contributed by atoms with Crippen molar-refractivity contribution in [3.05, 3.63) is 41.3 Å². The van der Waals surface area contributed by atoms with Crippen molar-refractivity contribution in [3.63, 3.8) is 0 Å². The second kappa shape index (κ2) is 11.0. The number of hydrogen-bond donors (Lipinski definition) is 3. The first-order valence-corrected chi connectivity index (χ1v) is 10.6. The fourth-order valence-corrected chi connectivity index (χ4v) is 3.49. The molecule has 0 aliphatic carbocycles. The van der Waals surface area contributed by atoms with Crippen molar-refractivity contribution in [2.75, 3.05) is 13.1 Å². The van der Waals surface area contributed by atoms with Crippen LogP contribution in [0.2, 0.25) is 0 Å². The van der Waals surface area contributed by atoms with Gasteiger partial charge in [0, 0.05) is 25.0 Å². The molecule has 0 aliphatic rings. The van der Waals surface area contributed by atoms with Crippen LogP contribution < -0.4 is 10.6 Å². The molecular formula is C22H36N6O. The molecule has 0 radical (unpaired) electrons. The Hall–Kier alpha value is -2.41. The summed E-state index contributed by atoms with van der Waals surface area (Å²) >= 11 is 0. The number of nitrogens with one attached hydrogen (secondary N) is 2. The van der Waals surface area contributed by atoms with Crippen molar-refractivity contribution in [2.24, 2.45) is 4.99 Å². The molecule has 160 valence electrons. The first-order chi connectivity index (χ1) is 13.9. The Kier molecular flexibility index (Phi) is 8.64. The summed E-state index contributed by atoms with van der Waals surface area (Å²) in [5.74, 6) is 1.51. The lowest BCUT2D eigenvalue weighted by Gasteiger charge is -2.28. The molecule has 0 bridgehead atoms. The van der Waals surface area contributed by atoms with Crippen molar-refractivity contribution in [2.45, 2.75) is 72.4 Å². The van der Waals surface area contributed by atoms with E-state index in [1.54, 1.807) is 0 Å². The molecule has 7 heteroatoms. The number of rotatable bonds is 10. The molecule has 29 heavy (non-hydrogen) atoms. The summed E-state index contributed by atoms with van der Waals surface area (Å²) in [5, 5.41) is 21.8. The number of hydrogen-bond acceptors (Lipinski definition) is 4. The van der Waals surface area contributed by atoms with Gasteiger partial charge >= 0.3 is 0 Å². The lowest BCUT2D eigenvalue weighted by molar-refractivity contribution is 0.0257. The third-order valence-corrected chi connectivity index (χ3v) is 4.82. The molecule has 2 heterocycles. The van der Waals surface area contributed by atoms with Crippen molar-refractivity contribution in [3.8, 4) is 5.82 Å². The second-order valence-corrected chi connectivity index (χ2v) is 7.64. The normalized spacial score (nSPS) is 12.3. The highest BCUT2D eigenvalue weighted by Crippen LogP contribution is 2.18. The smallest absolute Gasteiger partial charge is 0.191 e. The molecule has 0 unspecified atom stereocenters. The van der Waals surface area contributed by atoms with Crippen LogP contribution in [0, 0.1) is 13.8 Å². The van der Waals surface area contributed by atoms with Crippen molar-refractivity contribution in [1.29, 1.82) is 0 Å². The van der Waals surface area contributed by atoms with Crippen LogP contribution in [-0.2, 0) is 6.54 Å². The number of aryl methyl sites for hydroxylation is 2. The Balaban J connectivity index is 2.03. The number of aromatic nitrogens is 3. The summed E-state index contributed by atoms with van der Waals surface area (Å²) in [6, 6.07) is 6.02. The van der Waals surface area contributed by atoms with Gasteiger partial charge in [0.2, 0.25) is 0 Å². The van der Waals surface area contributed by atoms with Gasteiger partial charge in [0.05, 0.1) is 17.8 Å². The van der Waals surface area contributed by atoms with Crippen LogP contribution in [-0.4, -0.2) is 44.5 Å². The van der Waals surface area contributed by atoms with E-state index in [1.807, 2.05) is 49.8 Å². The Morgan fingerprint density at radius 1 is 1.14 bits per heavy atom. The zero-order valence-electron chi connectivity index (χ0n) is 18.5. The highest BCUT2D eigenvalue weighted by molar-refractivity contribution is 5.79. The summed E-state index contributed by atoms with van der Waals surface area (Å²) in [4.78, 5) is 9.18. The average molecular weight is 401 g/mol. The lowest BCUT2D eigenvalue weighted by Crippen LogP contribution is -2.47. The third kappa shape index (κ3) is 6.85. The van der Waals surface area contributed by atoms with E-state index in [4.69, 9.17) is 0 Å². The number of pyridine rings is 1. The predicted molar refractivity (Wildman–Crippen MR) is 118 cm³/mol. The van der Waals surface area contributed by atoms with Gasteiger partial charge in [-0.2, -0.15) is 5.10 Å². The quantitative estimate of drug-likeness (QED) is 0.421. The van der Waals surface area contributed by atoms with E-state index in [0.717, 1.165) is 55.0 Å². The van der Waals surface area contributed by atoms with Crippen molar-refractivity contribution >= 4 is 5.96 Å². The Bertz CT molecular complexity index is 775. The number of nitrogens with zero attached hydrogens (tertiary/aromatic N) is 4. The fourth-order valence-electron chi connectivity index (χ4n) is 3.49. The zero-order valence-corrected chi connectivity index (χ0v) is 18.5. The maximum atomic E-state index is 10.8. The van der Waals surface area contributed by atoms with Crippen LogP contribution in [0.25, 0.3) is 5.82 Å². The molecular weight excluding hydrogens is 364 g/mol. The predicted octanol–water partition coefficient (Wildman–Crippen LogP) is 3.27. The summed E-state index contributed by atoms with van der Waals surface area (Å²) in [5.41, 5.74) is 2.36. The van der Waals surface area contributed by atoms with Crippen LogP contribution in [0.5, 0.6) is 0 Å². The molecule has 0 atom stereocenters. The Morgan fingerprint density at radius 2 is 1.86 bits per heavy atom. The molecule has 0 amide bonds. The van der Waals surface area contributed by atoms with Crippen LogP contribution in [0.1, 0.15) is 63.4 Å². The molecule has 0 aliphatic heterocycles. The van der Waals surface area contributed by atoms with E-state index < -0.39 is 5.60 Å². The summed E-state index contributed by atoms with van der Waals surface area (Å²) in [6.45, 7) is 12.0. The van der Waals surface area contributed by atoms with Gasteiger partial charge in [-0.3, -0.25) is 0 Å². The van der Waals surface area contributed by atoms with Crippen LogP contribution in [0.3, 0.4) is 0 Å². The van der Waals surface area contributed by atoms with Crippen molar-refractivity contribution in [1.82, 2.24) is 25.4 Å². The lowest BCUT2D eigenvalue weighted by atomic mass is 9.93. The highest BCUT2D eigenvalue weighted by Gasteiger charge is 2.24. The topological polar surface area (TPSA) is 87.4 Å². The molecule has 0 spiro atoms. The van der Waals surface area contributed by atoms with Gasteiger partial charge in [-0.25, -0.2) is 14.7 Å². The van der Waals surface area contributed by atoms with E-state index in [1.165, 1.54) is 0 Å². The minimum Gasteiger partial charge on any atom is -0.388 e. The SMILES string of the molecule is CCCC(O)(CCC)CNC(=NCc1ccc(-n2nc(C)cc2C)nc1)NCC. The van der Waals surface area contributed by atoms with Crippen LogP contribution in [0.15, 0.2) is 29.4 Å². The summed E-state index contributed by atoms with van der Waals surface area (Å²) < 4.78 is 1.84. The number of aliphatic hydroxyl groups is 1. The first kappa shape index (κ1) is 22.9. The largest absolute Gasteiger partial charge is 0.388 e. The molecule has 7 nitrogen and oxygen atoms in total. The maximum absolute atomic E-state index is 10.8. The van der Waals surface area contributed by atoms with E-state index in [2.05, 4.69) is 39.6 Å². The first-order valence-electron chi connectivity index (χ1n) is 10.6. The Morgan fingerprint density at radius 3 is 2.38 bits per heavy atom. The van der Waals surface area contributed by atoms with Gasteiger partial charge in [0.1, 0.15) is 0 Å². The van der Waals surface area contributed by atoms with Gasteiger partial charge in [0.25, 0.3) is 0 Å². The van der Waals surface area contributed by atoms with Crippen LogP contribution in [0.4, 0.5) is 0 Å². The van der Waals surface area contributed by atoms with Gasteiger partial charge < -0.3 is 15.7 Å². The molecule has 0 fully saturated rings. The van der Waals surface area contributed by atoms with Gasteiger partial charge in [-0.1, -0.05) is 32.8 Å². The third-order valence-electron chi connectivity index (χ3n) is 4.82. The molecule has 0 saturated carbocycles. The molecule has 3 N–H and O–H groups in total. The standard InChI is InChI=1S/C22H36N6O/c1-6-11-22(29,12-7-2)16-26-21(23-8-3)25-15-19-9-10-20(24-14-19)28-18(5)13-17(4)27-28/h9-10,13-14,29H,6-8,11-12,15-16H2,1-5H3,(H2,23,25,26). The minimum absolute atomic E-state index is 0.496. The van der Waals surface area contributed by atoms with Gasteiger partial charge in [-0.15, -0.1) is 0 Å². The molecule has 0 aromatic carbocycles. The Labute approximate surface area is 174 Å². The highest BCUT2D eigenvalue weighted by atomic mass is 16.3. The van der Waals surface area contributed by atoms with E-state index in [9.17, 15) is 5.11 Å². The minimum atomic E-state index is -0.692. The molecule has 2 rings (SSSR count). The van der Waals surface area contributed by atoms with Crippen LogP contribution >= 0.6 is 0 Å². The monoisotopic (exact) mass is 400 g/mol. The molecule has 2 aromatic heterocycles. The molecule has 2 aromatic rings. The van der Waals surface area contributed by atoms with Gasteiger partial charge in [-0.05, 0) is 51.3 Å². The number of aliphatic imine (C=N–C) groups is 1. The molecule has 0 saturated heterocycles. The van der Waals surface area contributed by atoms with E-state index in [-0.39, 0.29) is 0 Å². The van der Waals surface area contributed by atoms with Crippen molar-refractivity contribution < 1.29 is 5.11 Å². The maximum Gasteiger partial charge on any atom is 0.191 e. The average Bonchev–Trinajstić information content (AvgIpc) is 3.03. The fraction of sp³-hybridized carbons (Fsp3) is 0.591. The van der Waals surface area contributed by atoms with E-state index in [0.29, 0.717) is 19.0 Å².